The lowest BCUT2D eigenvalue weighted by molar-refractivity contribution is 0.572. The Morgan fingerprint density at radius 1 is 1.05 bits per heavy atom. The van der Waals surface area contributed by atoms with Crippen molar-refractivity contribution in [2.75, 3.05) is 23.7 Å². The van der Waals surface area contributed by atoms with Crippen LogP contribution in [0.3, 0.4) is 0 Å². The summed E-state index contributed by atoms with van der Waals surface area (Å²) in [7, 11) is 0. The highest BCUT2D eigenvalue weighted by Gasteiger charge is 2.16. The minimum absolute atomic E-state index is 0.499. The number of piperidine rings is 1. The van der Waals surface area contributed by atoms with Crippen molar-refractivity contribution in [2.45, 2.75) is 26.2 Å². The van der Waals surface area contributed by atoms with Crippen LogP contribution in [0, 0.1) is 18.8 Å². The van der Waals surface area contributed by atoms with Crippen LogP contribution in [0.5, 0.6) is 0 Å². The zero-order valence-electron chi connectivity index (χ0n) is 12.7. The first-order chi connectivity index (χ1) is 10.7. The van der Waals surface area contributed by atoms with Crippen LogP contribution in [0.4, 0.5) is 11.6 Å². The van der Waals surface area contributed by atoms with Gasteiger partial charge < -0.3 is 10.6 Å². The van der Waals surface area contributed by atoms with Gasteiger partial charge in [0.1, 0.15) is 18.0 Å². The first-order valence-electron chi connectivity index (χ1n) is 7.54. The van der Waals surface area contributed by atoms with Gasteiger partial charge in [-0.25, -0.2) is 15.0 Å². The molecule has 2 aromatic heterocycles. The molecule has 2 aromatic rings. The maximum Gasteiger partial charge on any atom is 0.148 e. The lowest BCUT2D eigenvalue weighted by Crippen LogP contribution is -2.31. The topological polar surface area (TPSA) is 67.9 Å². The summed E-state index contributed by atoms with van der Waals surface area (Å²) < 4.78 is 0. The summed E-state index contributed by atoms with van der Waals surface area (Å²) in [4.78, 5) is 15.1. The van der Waals surface area contributed by atoms with Crippen LogP contribution in [0.25, 0.3) is 0 Å². The Labute approximate surface area is 130 Å². The van der Waals surface area contributed by atoms with Crippen LogP contribution in [0.1, 0.15) is 36.1 Å². The molecule has 0 aromatic carbocycles. The van der Waals surface area contributed by atoms with E-state index in [2.05, 4.69) is 31.7 Å². The lowest BCUT2D eigenvalue weighted by atomic mass is 10.1. The van der Waals surface area contributed by atoms with Crippen molar-refractivity contribution in [3.63, 3.8) is 0 Å². The highest BCUT2D eigenvalue weighted by Crippen LogP contribution is 2.22. The van der Waals surface area contributed by atoms with Gasteiger partial charge in [-0.15, -0.1) is 0 Å². The Balaban J connectivity index is 1.94. The summed E-state index contributed by atoms with van der Waals surface area (Å²) in [6, 6.07) is 3.62. The normalized spacial score (nSPS) is 14.3. The van der Waals surface area contributed by atoms with E-state index in [1.807, 2.05) is 13.0 Å². The fraction of sp³-hybridized carbons (Fsp3) is 0.353. The second-order valence-corrected chi connectivity index (χ2v) is 5.43. The number of hydrogen-bond donors (Lipinski definition) is 1. The number of nitrogens with two attached hydrogens (primary N) is 1. The van der Waals surface area contributed by atoms with E-state index in [9.17, 15) is 0 Å². The van der Waals surface area contributed by atoms with Crippen LogP contribution in [-0.2, 0) is 0 Å². The Hall–Kier alpha value is -2.61. The summed E-state index contributed by atoms with van der Waals surface area (Å²) in [5, 5.41) is 0. The van der Waals surface area contributed by atoms with E-state index in [0.29, 0.717) is 5.82 Å². The van der Waals surface area contributed by atoms with Gasteiger partial charge in [0.15, 0.2) is 0 Å². The predicted octanol–water partition coefficient (Wildman–Crippen LogP) is 2.15. The van der Waals surface area contributed by atoms with Crippen molar-refractivity contribution < 1.29 is 0 Å². The second-order valence-electron chi connectivity index (χ2n) is 5.43. The van der Waals surface area contributed by atoms with Gasteiger partial charge in [-0.05, 0) is 38.3 Å². The maximum atomic E-state index is 5.59. The number of aryl methyl sites for hydroxylation is 1. The van der Waals surface area contributed by atoms with E-state index in [0.717, 1.165) is 35.7 Å². The number of hydrogen-bond acceptors (Lipinski definition) is 5. The van der Waals surface area contributed by atoms with Gasteiger partial charge in [-0.2, -0.15) is 0 Å². The minimum atomic E-state index is 0.499. The van der Waals surface area contributed by atoms with E-state index in [1.165, 1.54) is 19.3 Å². The smallest absolute Gasteiger partial charge is 0.148 e. The molecule has 0 amide bonds. The summed E-state index contributed by atoms with van der Waals surface area (Å²) in [5.41, 5.74) is 8.24. The molecule has 0 unspecified atom stereocenters. The van der Waals surface area contributed by atoms with Gasteiger partial charge in [-0.3, -0.25) is 0 Å². The number of anilines is 2. The first kappa shape index (κ1) is 14.3. The van der Waals surface area contributed by atoms with Crippen molar-refractivity contribution in [1.82, 2.24) is 15.0 Å². The summed E-state index contributed by atoms with van der Waals surface area (Å²) in [6.07, 6.45) is 7.01. The van der Waals surface area contributed by atoms with E-state index in [4.69, 9.17) is 5.73 Å². The molecular weight excluding hydrogens is 274 g/mol. The monoisotopic (exact) mass is 293 g/mol. The van der Waals surface area contributed by atoms with Crippen LogP contribution in [0.2, 0.25) is 0 Å². The highest BCUT2D eigenvalue weighted by atomic mass is 15.2. The molecule has 1 aliphatic heterocycles. The lowest BCUT2D eigenvalue weighted by Gasteiger charge is -2.28. The quantitative estimate of drug-likeness (QED) is 0.816. The number of pyridine rings is 1. The molecule has 5 heteroatoms. The minimum Gasteiger partial charge on any atom is -0.384 e. The van der Waals surface area contributed by atoms with Crippen molar-refractivity contribution >= 4 is 11.6 Å². The molecule has 5 nitrogen and oxygen atoms in total. The van der Waals surface area contributed by atoms with Crippen molar-refractivity contribution in [1.29, 1.82) is 0 Å². The highest BCUT2D eigenvalue weighted by molar-refractivity contribution is 5.59. The fourth-order valence-electron chi connectivity index (χ4n) is 2.57. The zero-order valence-corrected chi connectivity index (χ0v) is 12.7. The van der Waals surface area contributed by atoms with Crippen molar-refractivity contribution in [3.8, 4) is 11.8 Å². The molecule has 0 bridgehead atoms. The van der Waals surface area contributed by atoms with Gasteiger partial charge >= 0.3 is 0 Å². The van der Waals surface area contributed by atoms with E-state index in [-0.39, 0.29) is 0 Å². The third kappa shape index (κ3) is 3.17. The van der Waals surface area contributed by atoms with Crippen LogP contribution >= 0.6 is 0 Å². The van der Waals surface area contributed by atoms with Crippen molar-refractivity contribution in [2.24, 2.45) is 0 Å². The van der Waals surface area contributed by atoms with Crippen molar-refractivity contribution in [3.05, 3.63) is 41.5 Å². The standard InChI is InChI=1S/C17H19N5/c1-13-15(7-5-14-6-8-16(18)19-11-14)17(21-12-20-13)22-9-3-2-4-10-22/h6,8,11-12H,2-4,9-10H2,1H3,(H2,18,19). The summed E-state index contributed by atoms with van der Waals surface area (Å²) in [6.45, 7) is 4.05. The van der Waals surface area contributed by atoms with Gasteiger partial charge in [0.05, 0.1) is 11.3 Å². The van der Waals surface area contributed by atoms with Crippen LogP contribution < -0.4 is 10.6 Å². The Morgan fingerprint density at radius 3 is 2.59 bits per heavy atom. The van der Waals surface area contributed by atoms with Crippen LogP contribution in [-0.4, -0.2) is 28.0 Å². The molecule has 3 heterocycles. The molecule has 0 radical (unpaired) electrons. The average molecular weight is 293 g/mol. The molecule has 0 atom stereocenters. The van der Waals surface area contributed by atoms with Gasteiger partial charge in [0.25, 0.3) is 0 Å². The molecule has 0 saturated carbocycles. The van der Waals surface area contributed by atoms with E-state index >= 15 is 0 Å². The second kappa shape index (κ2) is 6.44. The molecule has 1 fully saturated rings. The predicted molar refractivity (Wildman–Crippen MR) is 87.5 cm³/mol. The molecule has 1 aliphatic rings. The molecule has 112 valence electrons. The van der Waals surface area contributed by atoms with Gasteiger partial charge in [0.2, 0.25) is 0 Å². The maximum absolute atomic E-state index is 5.59. The number of nitrogen functional groups attached to an aromatic ring is 1. The third-order valence-corrected chi connectivity index (χ3v) is 3.79. The Morgan fingerprint density at radius 2 is 1.86 bits per heavy atom. The molecule has 1 saturated heterocycles. The number of aromatic nitrogens is 3. The fourth-order valence-corrected chi connectivity index (χ4v) is 2.57. The first-order valence-corrected chi connectivity index (χ1v) is 7.54. The molecule has 0 aliphatic carbocycles. The summed E-state index contributed by atoms with van der Waals surface area (Å²) in [5.74, 6) is 7.80. The number of nitrogens with zero attached hydrogens (tertiary/aromatic N) is 4. The molecule has 2 N–H and O–H groups in total. The largest absolute Gasteiger partial charge is 0.384 e. The number of rotatable bonds is 1. The van der Waals surface area contributed by atoms with E-state index in [1.54, 1.807) is 18.6 Å². The SMILES string of the molecule is Cc1ncnc(N2CCCCC2)c1C#Cc1ccc(N)nc1. The third-order valence-electron chi connectivity index (χ3n) is 3.79. The average Bonchev–Trinajstić information content (AvgIpc) is 2.56. The Bertz CT molecular complexity index is 706. The molecule has 22 heavy (non-hydrogen) atoms. The molecule has 0 spiro atoms. The van der Waals surface area contributed by atoms with Gasteiger partial charge in [-0.1, -0.05) is 11.8 Å². The van der Waals surface area contributed by atoms with Gasteiger partial charge in [0, 0.05) is 24.8 Å². The molecular formula is C17H19N5. The van der Waals surface area contributed by atoms with E-state index < -0.39 is 0 Å². The zero-order chi connectivity index (χ0) is 15.4. The molecule has 3 rings (SSSR count). The summed E-state index contributed by atoms with van der Waals surface area (Å²) >= 11 is 0. The van der Waals surface area contributed by atoms with Crippen LogP contribution in [0.15, 0.2) is 24.7 Å². The Kier molecular flexibility index (Phi) is 4.19.